The number of pyridine rings is 1. The first kappa shape index (κ1) is 20.0. The van der Waals surface area contributed by atoms with Crippen molar-refractivity contribution in [2.75, 3.05) is 11.9 Å². The van der Waals surface area contributed by atoms with Gasteiger partial charge < -0.3 is 21.1 Å². The Kier molecular flexibility index (Phi) is 5.80. The van der Waals surface area contributed by atoms with Crippen molar-refractivity contribution >= 4 is 17.3 Å². The molecule has 0 saturated carbocycles. The molecule has 1 aromatic carbocycles. The highest BCUT2D eigenvalue weighted by Gasteiger charge is 2.34. The Morgan fingerprint density at radius 3 is 2.68 bits per heavy atom. The number of aromatic nitrogens is 1. The van der Waals surface area contributed by atoms with E-state index in [1.54, 1.807) is 6.07 Å². The van der Waals surface area contributed by atoms with Crippen molar-refractivity contribution in [1.29, 1.82) is 0 Å². The highest BCUT2D eigenvalue weighted by atomic mass is 19.4. The molecule has 1 aliphatic rings. The van der Waals surface area contributed by atoms with Crippen LogP contribution in [0.2, 0.25) is 0 Å². The lowest BCUT2D eigenvalue weighted by molar-refractivity contribution is -0.137. The number of amides is 1. The summed E-state index contributed by atoms with van der Waals surface area (Å²) in [6.45, 7) is 0.577. The molecule has 0 radical (unpaired) electrons. The van der Waals surface area contributed by atoms with Gasteiger partial charge in [0.2, 0.25) is 5.91 Å². The number of carbonyl (C=O) groups is 1. The molecule has 0 bridgehead atoms. The van der Waals surface area contributed by atoms with Gasteiger partial charge >= 0.3 is 6.18 Å². The minimum atomic E-state index is -4.70. The molecular weight excluding hydrogens is 380 g/mol. The number of nitrogens with two attached hydrogens (primary N) is 1. The van der Waals surface area contributed by atoms with Gasteiger partial charge in [-0.1, -0.05) is 0 Å². The highest BCUT2D eigenvalue weighted by Crippen LogP contribution is 2.36. The zero-order chi connectivity index (χ0) is 20.3. The average molecular weight is 398 g/mol. The van der Waals surface area contributed by atoms with Gasteiger partial charge in [-0.05, 0) is 36.8 Å². The predicted molar refractivity (Wildman–Crippen MR) is 92.8 cm³/mol. The molecule has 2 heterocycles. The van der Waals surface area contributed by atoms with Crippen LogP contribution in [0.3, 0.4) is 0 Å². The Morgan fingerprint density at radius 1 is 1.29 bits per heavy atom. The van der Waals surface area contributed by atoms with Gasteiger partial charge in [-0.15, -0.1) is 0 Å². The molecule has 10 heteroatoms. The van der Waals surface area contributed by atoms with Gasteiger partial charge in [0.25, 0.3) is 0 Å². The summed E-state index contributed by atoms with van der Waals surface area (Å²) in [6.07, 6.45) is -3.46. The van der Waals surface area contributed by atoms with Crippen LogP contribution in [0.1, 0.15) is 17.7 Å². The van der Waals surface area contributed by atoms with E-state index in [1.165, 1.54) is 12.3 Å². The number of hydrogen-bond donors (Lipinski definition) is 3. The van der Waals surface area contributed by atoms with Crippen LogP contribution >= 0.6 is 0 Å². The predicted octanol–water partition coefficient (Wildman–Crippen LogP) is 2.92. The zero-order valence-corrected chi connectivity index (χ0v) is 14.6. The van der Waals surface area contributed by atoms with Crippen molar-refractivity contribution in [2.45, 2.75) is 25.4 Å². The fraction of sp³-hybridized carbons (Fsp3) is 0.333. The maximum atomic E-state index is 13.2. The van der Waals surface area contributed by atoms with Gasteiger partial charge in [0.05, 0.1) is 41.3 Å². The fourth-order valence-corrected chi connectivity index (χ4v) is 2.82. The topological polar surface area (TPSA) is 89.3 Å². The van der Waals surface area contributed by atoms with Crippen molar-refractivity contribution in [1.82, 2.24) is 10.3 Å². The second kappa shape index (κ2) is 8.11. The number of ether oxygens (including phenoxy) is 1. The van der Waals surface area contributed by atoms with E-state index in [1.807, 2.05) is 0 Å². The van der Waals surface area contributed by atoms with Crippen LogP contribution in [0.15, 0.2) is 36.5 Å². The van der Waals surface area contributed by atoms with E-state index in [2.05, 4.69) is 15.6 Å². The molecule has 6 nitrogen and oxygen atoms in total. The number of rotatable bonds is 5. The molecule has 150 valence electrons. The number of anilines is 2. The molecule has 0 spiro atoms. The lowest BCUT2D eigenvalue weighted by Gasteiger charge is -2.15. The van der Waals surface area contributed by atoms with Crippen LogP contribution in [-0.2, 0) is 22.3 Å². The largest absolute Gasteiger partial charge is 0.418 e. The summed E-state index contributed by atoms with van der Waals surface area (Å²) < 4.78 is 57.4. The minimum absolute atomic E-state index is 0.146. The molecule has 4 N–H and O–H groups in total. The lowest BCUT2D eigenvalue weighted by atomic mass is 10.1. The molecular formula is C18H18F4N4O2. The van der Waals surface area contributed by atoms with Crippen LogP contribution in [0.25, 0.3) is 0 Å². The Labute approximate surface area is 158 Å². The van der Waals surface area contributed by atoms with E-state index in [0.29, 0.717) is 30.5 Å². The molecule has 1 fully saturated rings. The SMILES string of the molecule is NC1OCCC1C(=O)NCc1ccc(Nc2ccc(F)cc2C(F)(F)F)cn1. The summed E-state index contributed by atoms with van der Waals surface area (Å²) in [5.74, 6) is -1.63. The number of benzene rings is 1. The molecule has 1 saturated heterocycles. The summed E-state index contributed by atoms with van der Waals surface area (Å²) in [4.78, 5) is 16.2. The summed E-state index contributed by atoms with van der Waals surface area (Å²) in [7, 11) is 0. The van der Waals surface area contributed by atoms with Crippen molar-refractivity contribution in [3.8, 4) is 0 Å². The smallest absolute Gasteiger partial charge is 0.363 e. The summed E-state index contributed by atoms with van der Waals surface area (Å²) >= 11 is 0. The second-order valence-electron chi connectivity index (χ2n) is 6.30. The number of halogens is 4. The van der Waals surface area contributed by atoms with Gasteiger partial charge in [-0.25, -0.2) is 4.39 Å². The van der Waals surface area contributed by atoms with Gasteiger partial charge in [-0.2, -0.15) is 13.2 Å². The van der Waals surface area contributed by atoms with Crippen LogP contribution in [-0.4, -0.2) is 23.7 Å². The highest BCUT2D eigenvalue weighted by molar-refractivity contribution is 5.79. The standard InChI is InChI=1S/C18H18F4N4O2/c19-10-1-4-15(14(7-10)18(20,21)22)26-12-3-2-11(24-9-12)8-25-17(27)13-5-6-28-16(13)23/h1-4,7,9,13,16,26H,5-6,8,23H2,(H,25,27). The van der Waals surface area contributed by atoms with E-state index in [-0.39, 0.29) is 18.1 Å². The van der Waals surface area contributed by atoms with Crippen LogP contribution in [0.4, 0.5) is 28.9 Å². The zero-order valence-electron chi connectivity index (χ0n) is 14.6. The molecule has 2 atom stereocenters. The van der Waals surface area contributed by atoms with Crippen molar-refractivity contribution in [2.24, 2.45) is 11.7 Å². The van der Waals surface area contributed by atoms with E-state index < -0.39 is 29.7 Å². The van der Waals surface area contributed by atoms with Gasteiger partial charge in [0.15, 0.2) is 0 Å². The molecule has 28 heavy (non-hydrogen) atoms. The number of alkyl halides is 3. The first-order valence-corrected chi connectivity index (χ1v) is 8.47. The Hall–Kier alpha value is -2.72. The summed E-state index contributed by atoms with van der Waals surface area (Å²) in [6, 6.07) is 5.45. The maximum Gasteiger partial charge on any atom is 0.418 e. The molecule has 2 unspecified atom stereocenters. The number of carbonyl (C=O) groups excluding carboxylic acids is 1. The van der Waals surface area contributed by atoms with Crippen LogP contribution in [0.5, 0.6) is 0 Å². The number of hydrogen-bond acceptors (Lipinski definition) is 5. The van der Waals surface area contributed by atoms with E-state index in [0.717, 1.165) is 12.1 Å². The van der Waals surface area contributed by atoms with Crippen molar-refractivity contribution in [3.05, 3.63) is 53.6 Å². The van der Waals surface area contributed by atoms with Crippen molar-refractivity contribution in [3.63, 3.8) is 0 Å². The number of nitrogens with one attached hydrogen (secondary N) is 2. The van der Waals surface area contributed by atoms with Crippen LogP contribution in [0, 0.1) is 11.7 Å². The maximum absolute atomic E-state index is 13.2. The molecule has 3 rings (SSSR count). The average Bonchev–Trinajstić information content (AvgIpc) is 3.07. The van der Waals surface area contributed by atoms with Gasteiger partial charge in [-0.3, -0.25) is 9.78 Å². The van der Waals surface area contributed by atoms with Gasteiger partial charge in [0, 0.05) is 6.61 Å². The molecule has 1 aliphatic heterocycles. The quantitative estimate of drug-likeness (QED) is 0.674. The lowest BCUT2D eigenvalue weighted by Crippen LogP contribution is -2.39. The van der Waals surface area contributed by atoms with Crippen molar-refractivity contribution < 1.29 is 27.1 Å². The monoisotopic (exact) mass is 398 g/mol. The van der Waals surface area contributed by atoms with Gasteiger partial charge in [0.1, 0.15) is 12.0 Å². The fourth-order valence-electron chi connectivity index (χ4n) is 2.82. The second-order valence-corrected chi connectivity index (χ2v) is 6.30. The molecule has 1 amide bonds. The summed E-state index contributed by atoms with van der Waals surface area (Å²) in [5.41, 5.74) is 5.09. The minimum Gasteiger partial charge on any atom is -0.363 e. The Balaban J connectivity index is 1.63. The van der Waals surface area contributed by atoms with Crippen LogP contribution < -0.4 is 16.4 Å². The number of nitrogens with zero attached hydrogens (tertiary/aromatic N) is 1. The third kappa shape index (κ3) is 4.76. The Bertz CT molecular complexity index is 842. The third-order valence-corrected chi connectivity index (χ3v) is 4.31. The normalized spacial score (nSPS) is 19.5. The third-order valence-electron chi connectivity index (χ3n) is 4.31. The molecule has 2 aromatic rings. The molecule has 0 aliphatic carbocycles. The van der Waals surface area contributed by atoms with E-state index in [4.69, 9.17) is 10.5 Å². The van der Waals surface area contributed by atoms with E-state index in [9.17, 15) is 22.4 Å². The Morgan fingerprint density at radius 2 is 2.07 bits per heavy atom. The summed E-state index contributed by atoms with van der Waals surface area (Å²) in [5, 5.41) is 5.28. The first-order chi connectivity index (χ1) is 13.2. The first-order valence-electron chi connectivity index (χ1n) is 8.47. The molecule has 1 aromatic heterocycles. The van der Waals surface area contributed by atoms with E-state index >= 15 is 0 Å².